The summed E-state index contributed by atoms with van der Waals surface area (Å²) in [7, 11) is 0. The largest absolute Gasteiger partial charge is 0.392 e. The molecule has 140 valence electrons. The van der Waals surface area contributed by atoms with Crippen LogP contribution < -0.4 is 0 Å². The topological polar surface area (TPSA) is 31.6 Å². The molecule has 4 nitrogen and oxygen atoms in total. The molecule has 0 saturated carbocycles. The standard InChI is InChI=1S/C20H25Cl2N3O/c1-14-9-25-13-18(26)8-17(25)12-24(14)11-16-3-2-6-23(16)10-15-4-5-19(21)20(22)7-15/h2-7,14,17-18,26H,8-13H2,1H3/t14-,17?,18-/m1/s1. The number of aliphatic hydroxyl groups excluding tert-OH is 1. The van der Waals surface area contributed by atoms with Crippen LogP contribution in [0.2, 0.25) is 10.0 Å². The maximum absolute atomic E-state index is 9.95. The molecule has 0 aliphatic carbocycles. The van der Waals surface area contributed by atoms with Gasteiger partial charge >= 0.3 is 0 Å². The van der Waals surface area contributed by atoms with E-state index >= 15 is 0 Å². The molecule has 1 unspecified atom stereocenters. The van der Waals surface area contributed by atoms with Gasteiger partial charge in [-0.1, -0.05) is 29.3 Å². The Bertz CT molecular complexity index is 778. The van der Waals surface area contributed by atoms with Crippen LogP contribution >= 0.6 is 23.2 Å². The van der Waals surface area contributed by atoms with Gasteiger partial charge in [-0.05, 0) is 43.2 Å². The van der Waals surface area contributed by atoms with Crippen molar-refractivity contribution < 1.29 is 5.11 Å². The van der Waals surface area contributed by atoms with E-state index < -0.39 is 0 Å². The van der Waals surface area contributed by atoms with Crippen molar-refractivity contribution in [2.75, 3.05) is 19.6 Å². The van der Waals surface area contributed by atoms with Crippen LogP contribution in [0.15, 0.2) is 36.5 Å². The zero-order chi connectivity index (χ0) is 18.3. The second-order valence-corrected chi connectivity index (χ2v) is 8.47. The fourth-order valence-corrected chi connectivity index (χ4v) is 4.61. The van der Waals surface area contributed by atoms with E-state index in [1.807, 2.05) is 18.2 Å². The fourth-order valence-electron chi connectivity index (χ4n) is 4.29. The summed E-state index contributed by atoms with van der Waals surface area (Å²) in [6.07, 6.45) is 2.86. The van der Waals surface area contributed by atoms with Crippen molar-refractivity contribution in [3.8, 4) is 0 Å². The minimum atomic E-state index is -0.161. The van der Waals surface area contributed by atoms with Crippen LogP contribution in [0.5, 0.6) is 0 Å². The highest BCUT2D eigenvalue weighted by atomic mass is 35.5. The van der Waals surface area contributed by atoms with Gasteiger partial charge in [0.15, 0.2) is 0 Å². The molecule has 1 N–H and O–H groups in total. The Balaban J connectivity index is 1.46. The summed E-state index contributed by atoms with van der Waals surface area (Å²) in [4.78, 5) is 4.99. The van der Waals surface area contributed by atoms with E-state index in [-0.39, 0.29) is 6.10 Å². The van der Waals surface area contributed by atoms with Gasteiger partial charge in [-0.15, -0.1) is 0 Å². The third-order valence-electron chi connectivity index (χ3n) is 5.70. The second kappa shape index (κ2) is 7.53. The predicted octanol–water partition coefficient (Wildman–Crippen LogP) is 3.48. The highest BCUT2D eigenvalue weighted by Crippen LogP contribution is 2.27. The van der Waals surface area contributed by atoms with E-state index in [0.717, 1.165) is 44.7 Å². The zero-order valence-electron chi connectivity index (χ0n) is 15.0. The second-order valence-electron chi connectivity index (χ2n) is 7.65. The molecule has 1 aromatic heterocycles. The van der Waals surface area contributed by atoms with Crippen LogP contribution in [0, 0.1) is 0 Å². The Morgan fingerprint density at radius 1 is 1.08 bits per heavy atom. The first kappa shape index (κ1) is 18.3. The first-order chi connectivity index (χ1) is 12.5. The van der Waals surface area contributed by atoms with Crippen molar-refractivity contribution in [3.05, 3.63) is 57.8 Å². The monoisotopic (exact) mass is 393 g/mol. The summed E-state index contributed by atoms with van der Waals surface area (Å²) in [5.74, 6) is 0. The summed E-state index contributed by atoms with van der Waals surface area (Å²) < 4.78 is 2.28. The van der Waals surface area contributed by atoms with Crippen LogP contribution in [-0.2, 0) is 13.1 Å². The van der Waals surface area contributed by atoms with Crippen molar-refractivity contribution in [1.82, 2.24) is 14.4 Å². The maximum atomic E-state index is 9.95. The van der Waals surface area contributed by atoms with Crippen molar-refractivity contribution in [2.24, 2.45) is 0 Å². The van der Waals surface area contributed by atoms with Gasteiger partial charge in [0.2, 0.25) is 0 Å². The quantitative estimate of drug-likeness (QED) is 0.862. The van der Waals surface area contributed by atoms with Gasteiger partial charge in [0.05, 0.1) is 16.1 Å². The minimum Gasteiger partial charge on any atom is -0.392 e. The van der Waals surface area contributed by atoms with Crippen LogP contribution in [0.4, 0.5) is 0 Å². The number of rotatable bonds is 4. The molecule has 2 aliphatic heterocycles. The predicted molar refractivity (Wildman–Crippen MR) is 106 cm³/mol. The van der Waals surface area contributed by atoms with Crippen LogP contribution in [0.25, 0.3) is 0 Å². The van der Waals surface area contributed by atoms with Gasteiger partial charge in [-0.2, -0.15) is 0 Å². The SMILES string of the molecule is C[C@@H]1CN2C[C@H](O)CC2CN1Cc1cccn1Cc1ccc(Cl)c(Cl)c1. The lowest BCUT2D eigenvalue weighted by molar-refractivity contribution is 0.0514. The zero-order valence-corrected chi connectivity index (χ0v) is 16.5. The minimum absolute atomic E-state index is 0.161. The highest BCUT2D eigenvalue weighted by Gasteiger charge is 2.38. The molecule has 3 heterocycles. The number of fused-ring (bicyclic) bond motifs is 1. The van der Waals surface area contributed by atoms with Crippen molar-refractivity contribution in [2.45, 2.75) is 44.6 Å². The number of benzene rings is 1. The molecule has 2 fully saturated rings. The van der Waals surface area contributed by atoms with E-state index in [2.05, 4.69) is 39.6 Å². The smallest absolute Gasteiger partial charge is 0.0682 e. The summed E-state index contributed by atoms with van der Waals surface area (Å²) in [5.41, 5.74) is 2.45. The molecular formula is C20H25Cl2N3O. The van der Waals surface area contributed by atoms with Crippen molar-refractivity contribution in [1.29, 1.82) is 0 Å². The Kier molecular flexibility index (Phi) is 5.31. The van der Waals surface area contributed by atoms with E-state index in [1.54, 1.807) is 0 Å². The number of hydrogen-bond donors (Lipinski definition) is 1. The first-order valence-electron chi connectivity index (χ1n) is 9.23. The molecular weight excluding hydrogens is 369 g/mol. The number of piperazine rings is 1. The molecule has 0 spiro atoms. The lowest BCUT2D eigenvalue weighted by Gasteiger charge is -2.42. The van der Waals surface area contributed by atoms with Crippen LogP contribution in [-0.4, -0.2) is 57.3 Å². The Hall–Kier alpha value is -1.04. The molecule has 2 saturated heterocycles. The number of halogens is 2. The van der Waals surface area contributed by atoms with Gasteiger partial charge in [0.1, 0.15) is 0 Å². The Labute approximate surface area is 164 Å². The van der Waals surface area contributed by atoms with Gasteiger partial charge in [0.25, 0.3) is 0 Å². The third kappa shape index (κ3) is 3.80. The average molecular weight is 394 g/mol. The number of hydrogen-bond acceptors (Lipinski definition) is 3. The van der Waals surface area contributed by atoms with Gasteiger partial charge in [0, 0.05) is 56.7 Å². The summed E-state index contributed by atoms with van der Waals surface area (Å²) in [5, 5.41) is 11.1. The molecule has 3 atom stereocenters. The van der Waals surface area contributed by atoms with Crippen molar-refractivity contribution in [3.63, 3.8) is 0 Å². The van der Waals surface area contributed by atoms with Crippen molar-refractivity contribution >= 4 is 23.2 Å². The van der Waals surface area contributed by atoms with Crippen LogP contribution in [0.3, 0.4) is 0 Å². The molecule has 0 bridgehead atoms. The lowest BCUT2D eigenvalue weighted by atomic mass is 10.1. The van der Waals surface area contributed by atoms with E-state index in [1.165, 1.54) is 5.69 Å². The van der Waals surface area contributed by atoms with Crippen LogP contribution in [0.1, 0.15) is 24.6 Å². The lowest BCUT2D eigenvalue weighted by Crippen LogP contribution is -2.54. The average Bonchev–Trinajstić information content (AvgIpc) is 3.17. The first-order valence-corrected chi connectivity index (χ1v) is 9.99. The Morgan fingerprint density at radius 2 is 1.92 bits per heavy atom. The van der Waals surface area contributed by atoms with E-state index in [9.17, 15) is 5.11 Å². The molecule has 4 rings (SSSR count). The molecule has 2 aliphatic rings. The fraction of sp³-hybridized carbons (Fsp3) is 0.500. The number of aliphatic hydroxyl groups is 1. The summed E-state index contributed by atoms with van der Waals surface area (Å²) >= 11 is 12.2. The van der Waals surface area contributed by atoms with E-state index in [0.29, 0.717) is 22.1 Å². The number of nitrogens with zero attached hydrogens (tertiary/aromatic N) is 3. The maximum Gasteiger partial charge on any atom is 0.0682 e. The molecule has 1 aromatic carbocycles. The summed E-state index contributed by atoms with van der Waals surface area (Å²) in [6, 6.07) is 11.1. The van der Waals surface area contributed by atoms with Gasteiger partial charge < -0.3 is 9.67 Å². The molecule has 26 heavy (non-hydrogen) atoms. The third-order valence-corrected chi connectivity index (χ3v) is 6.44. The molecule has 0 amide bonds. The molecule has 6 heteroatoms. The van der Waals surface area contributed by atoms with Gasteiger partial charge in [-0.25, -0.2) is 0 Å². The molecule has 0 radical (unpaired) electrons. The van der Waals surface area contributed by atoms with E-state index in [4.69, 9.17) is 23.2 Å². The number of aromatic nitrogens is 1. The highest BCUT2D eigenvalue weighted by molar-refractivity contribution is 6.42. The summed E-state index contributed by atoms with van der Waals surface area (Å²) in [6.45, 7) is 6.89. The molecule has 2 aromatic rings. The Morgan fingerprint density at radius 3 is 2.73 bits per heavy atom. The van der Waals surface area contributed by atoms with Gasteiger partial charge in [-0.3, -0.25) is 9.80 Å². The normalized spacial score (nSPS) is 27.0.